The van der Waals surface area contributed by atoms with Gasteiger partial charge in [0, 0.05) is 31.0 Å². The number of carbonyl (C=O) groups is 1. The molecule has 0 aliphatic carbocycles. The molecule has 0 aromatic rings. The maximum absolute atomic E-state index is 14.1. The Hall–Kier alpha value is -0.970. The third-order valence-corrected chi connectivity index (χ3v) is 11.5. The van der Waals surface area contributed by atoms with Crippen molar-refractivity contribution in [2.75, 3.05) is 20.6 Å². The van der Waals surface area contributed by atoms with Gasteiger partial charge in [0.2, 0.25) is 0 Å². The molecule has 18 atom stereocenters. The molecule has 13 heteroatoms. The van der Waals surface area contributed by atoms with Gasteiger partial charge in [0.1, 0.15) is 23.9 Å². The summed E-state index contributed by atoms with van der Waals surface area (Å²) in [6.07, 6.45) is -7.16. The summed E-state index contributed by atoms with van der Waals surface area (Å²) in [5.74, 6) is -2.57. The van der Waals surface area contributed by atoms with Crippen LogP contribution in [-0.2, 0) is 28.5 Å². The van der Waals surface area contributed by atoms with E-state index in [4.69, 9.17) is 23.7 Å². The average molecular weight is 705 g/mol. The van der Waals surface area contributed by atoms with Crippen molar-refractivity contribution in [1.29, 1.82) is 0 Å². The molecule has 3 aliphatic heterocycles. The number of carbonyl (C=O) groups excluding carboxylic acids is 1. The molecule has 0 spiro atoms. The molecule has 49 heavy (non-hydrogen) atoms. The lowest BCUT2D eigenvalue weighted by Crippen LogP contribution is -2.59. The molecule has 3 fully saturated rings. The van der Waals surface area contributed by atoms with E-state index in [0.717, 1.165) is 0 Å². The predicted octanol–water partition coefficient (Wildman–Crippen LogP) is 1.79. The van der Waals surface area contributed by atoms with E-state index in [9.17, 15) is 30.3 Å². The Balaban J connectivity index is 2.13. The molecule has 6 N–H and O–H groups in total. The van der Waals surface area contributed by atoms with Gasteiger partial charge in [-0.2, -0.15) is 0 Å². The fourth-order valence-electron chi connectivity index (χ4n) is 8.31. The highest BCUT2D eigenvalue weighted by Gasteiger charge is 2.51. The number of rotatable bonds is 6. The van der Waals surface area contributed by atoms with Crippen molar-refractivity contribution in [2.24, 2.45) is 23.7 Å². The molecule has 0 aromatic heterocycles. The van der Waals surface area contributed by atoms with Crippen LogP contribution in [0.25, 0.3) is 0 Å². The van der Waals surface area contributed by atoms with Crippen molar-refractivity contribution in [3.8, 4) is 0 Å². The van der Waals surface area contributed by atoms with Crippen LogP contribution < -0.4 is 5.32 Å². The summed E-state index contributed by atoms with van der Waals surface area (Å²) in [7, 11) is 3.61. The highest BCUT2D eigenvalue weighted by Crippen LogP contribution is 2.39. The summed E-state index contributed by atoms with van der Waals surface area (Å²) in [5, 5.41) is 60.5. The van der Waals surface area contributed by atoms with Crippen LogP contribution in [0.3, 0.4) is 0 Å². The van der Waals surface area contributed by atoms with E-state index < -0.39 is 90.4 Å². The molecule has 0 saturated carbocycles. The topological polar surface area (TPSA) is 180 Å². The highest BCUT2D eigenvalue weighted by atomic mass is 16.7. The first-order chi connectivity index (χ1) is 22.7. The van der Waals surface area contributed by atoms with Crippen LogP contribution in [0.1, 0.15) is 94.9 Å². The number of cyclic esters (lactones) is 1. The smallest absolute Gasteiger partial charge is 0.311 e. The SMILES string of the molecule is CC[C@H]1OC(=O)[C@H](C)[C@@H](O[C@H]2CC(C)[C@@H](O)[C@H](C)O2)[C@H](C)[C@@H](O[C@@H]2O[C@H](C)C[C@H](NC)[C@H]2O)[C@](C)(O)C[C@@H](C)CN(C)[C@H](C)[C@@H](O)[C@]1(C)O. The fraction of sp³-hybridized carbons (Fsp3) is 0.972. The molecule has 0 bridgehead atoms. The Kier molecular flexibility index (Phi) is 14.9. The van der Waals surface area contributed by atoms with Crippen molar-refractivity contribution in [1.82, 2.24) is 10.2 Å². The van der Waals surface area contributed by atoms with E-state index in [1.807, 2.05) is 39.6 Å². The van der Waals surface area contributed by atoms with Crippen LogP contribution in [0.2, 0.25) is 0 Å². The zero-order chi connectivity index (χ0) is 37.2. The second-order valence-corrected chi connectivity index (χ2v) is 16.1. The van der Waals surface area contributed by atoms with Gasteiger partial charge in [-0.1, -0.05) is 27.7 Å². The van der Waals surface area contributed by atoms with Gasteiger partial charge in [0.05, 0.1) is 42.0 Å². The molecular weight excluding hydrogens is 636 g/mol. The van der Waals surface area contributed by atoms with Gasteiger partial charge in [0.25, 0.3) is 0 Å². The number of aliphatic hydroxyl groups excluding tert-OH is 3. The summed E-state index contributed by atoms with van der Waals surface area (Å²) in [6, 6.07) is -0.824. The van der Waals surface area contributed by atoms with E-state index in [1.165, 1.54) is 6.92 Å². The standard InChI is InChI=1S/C36H68N2O11/c1-13-26-36(10,44)31(41)23(7)38(12)17-18(2)16-35(9,43)32(49-34-29(40)25(37-11)15-20(4)45-34)21(5)30(22(6)33(42)47-26)48-27-14-19(3)28(39)24(8)46-27/h18-32,34,37,39-41,43-44H,13-17H2,1-12H3/t18-,19?,20-,21+,22-,23-,24+,25+,26-,27+,28-,29-,30+,31-,32-,34+,35-,36-/m1/s1. The minimum absolute atomic E-state index is 0.120. The molecule has 3 saturated heterocycles. The molecule has 0 aromatic carbocycles. The summed E-state index contributed by atoms with van der Waals surface area (Å²) < 4.78 is 31.5. The van der Waals surface area contributed by atoms with Gasteiger partial charge in [-0.05, 0) is 86.7 Å². The normalized spacial score (nSPS) is 50.3. The Morgan fingerprint density at radius 3 is 2.16 bits per heavy atom. The van der Waals surface area contributed by atoms with E-state index in [-0.39, 0.29) is 36.8 Å². The molecule has 288 valence electrons. The molecule has 0 amide bonds. The van der Waals surface area contributed by atoms with Gasteiger partial charge in [-0.25, -0.2) is 0 Å². The largest absolute Gasteiger partial charge is 0.459 e. The Morgan fingerprint density at radius 2 is 1.59 bits per heavy atom. The van der Waals surface area contributed by atoms with Gasteiger partial charge >= 0.3 is 5.97 Å². The maximum Gasteiger partial charge on any atom is 0.311 e. The number of hydrogen-bond donors (Lipinski definition) is 6. The lowest BCUT2D eigenvalue weighted by Gasteiger charge is -2.47. The summed E-state index contributed by atoms with van der Waals surface area (Å²) in [4.78, 5) is 16.0. The monoisotopic (exact) mass is 704 g/mol. The first-order valence-corrected chi connectivity index (χ1v) is 18.3. The average Bonchev–Trinajstić information content (AvgIpc) is 3.02. The minimum atomic E-state index is -1.77. The fourth-order valence-corrected chi connectivity index (χ4v) is 8.31. The third-order valence-electron chi connectivity index (χ3n) is 11.5. The van der Waals surface area contributed by atoms with Crippen LogP contribution in [-0.4, -0.2) is 142 Å². The van der Waals surface area contributed by atoms with Gasteiger partial charge in [-0.3, -0.25) is 4.79 Å². The Labute approximate surface area is 294 Å². The van der Waals surface area contributed by atoms with Crippen LogP contribution in [0.4, 0.5) is 0 Å². The molecule has 3 aliphatic rings. The Bertz CT molecular complexity index is 1040. The number of nitrogens with one attached hydrogen (secondary N) is 1. The van der Waals surface area contributed by atoms with Crippen molar-refractivity contribution in [2.45, 2.75) is 180 Å². The van der Waals surface area contributed by atoms with E-state index in [2.05, 4.69) is 5.32 Å². The molecule has 1 unspecified atom stereocenters. The molecule has 3 rings (SSSR count). The van der Waals surface area contributed by atoms with Gasteiger partial charge in [0.15, 0.2) is 12.6 Å². The summed E-state index contributed by atoms with van der Waals surface area (Å²) >= 11 is 0. The van der Waals surface area contributed by atoms with Crippen LogP contribution in [0.5, 0.6) is 0 Å². The minimum Gasteiger partial charge on any atom is -0.459 e. The second kappa shape index (κ2) is 17.2. The van der Waals surface area contributed by atoms with Crippen LogP contribution in [0, 0.1) is 23.7 Å². The first-order valence-electron chi connectivity index (χ1n) is 18.3. The van der Waals surface area contributed by atoms with E-state index in [0.29, 0.717) is 19.4 Å². The highest BCUT2D eigenvalue weighted by molar-refractivity contribution is 5.73. The Morgan fingerprint density at radius 1 is 0.959 bits per heavy atom. The zero-order valence-corrected chi connectivity index (χ0v) is 31.9. The van der Waals surface area contributed by atoms with Crippen molar-refractivity contribution in [3.63, 3.8) is 0 Å². The lowest BCUT2D eigenvalue weighted by molar-refractivity contribution is -0.306. The number of aliphatic hydroxyl groups is 5. The number of likely N-dealkylation sites (N-methyl/N-ethyl adjacent to an activating group) is 2. The second-order valence-electron chi connectivity index (χ2n) is 16.1. The number of ether oxygens (including phenoxy) is 5. The number of nitrogens with zero attached hydrogens (tertiary/aromatic N) is 1. The lowest BCUT2D eigenvalue weighted by atomic mass is 9.77. The molecular formula is C36H68N2O11. The maximum atomic E-state index is 14.1. The predicted molar refractivity (Wildman–Crippen MR) is 183 cm³/mol. The van der Waals surface area contributed by atoms with Crippen molar-refractivity contribution < 1.29 is 54.0 Å². The summed E-state index contributed by atoms with van der Waals surface area (Å²) in [5.41, 5.74) is -3.30. The molecule has 13 nitrogen and oxygen atoms in total. The van der Waals surface area contributed by atoms with Crippen molar-refractivity contribution >= 4 is 5.97 Å². The van der Waals surface area contributed by atoms with Crippen molar-refractivity contribution in [3.05, 3.63) is 0 Å². The zero-order valence-electron chi connectivity index (χ0n) is 31.9. The van der Waals surface area contributed by atoms with Crippen LogP contribution >= 0.6 is 0 Å². The van der Waals surface area contributed by atoms with E-state index in [1.54, 1.807) is 41.7 Å². The van der Waals surface area contributed by atoms with E-state index >= 15 is 0 Å². The third kappa shape index (κ3) is 9.92. The van der Waals surface area contributed by atoms with Gasteiger partial charge < -0.3 is 59.4 Å². The number of esters is 1. The molecule has 0 radical (unpaired) electrons. The summed E-state index contributed by atoms with van der Waals surface area (Å²) in [6.45, 7) is 18.3. The van der Waals surface area contributed by atoms with Crippen LogP contribution in [0.15, 0.2) is 0 Å². The van der Waals surface area contributed by atoms with Gasteiger partial charge in [-0.15, -0.1) is 0 Å². The molecule has 3 heterocycles. The first kappa shape index (κ1) is 42.4. The number of hydrogen-bond acceptors (Lipinski definition) is 13. The quantitative estimate of drug-likeness (QED) is 0.221.